The maximum absolute atomic E-state index is 12.8. The van der Waals surface area contributed by atoms with E-state index >= 15 is 0 Å². The molecule has 7 nitrogen and oxygen atoms in total. The molecule has 1 aromatic rings. The summed E-state index contributed by atoms with van der Waals surface area (Å²) in [7, 11) is -3.39. The predicted molar refractivity (Wildman–Crippen MR) is 116 cm³/mol. The molecule has 2 fully saturated rings. The number of phenols is 1. The van der Waals surface area contributed by atoms with Crippen LogP contribution in [-0.2, 0) is 21.2 Å². The van der Waals surface area contributed by atoms with Crippen molar-refractivity contribution in [2.24, 2.45) is 10.9 Å². The molecule has 1 saturated carbocycles. The smallest absolute Gasteiger partial charge is 0.253 e. The van der Waals surface area contributed by atoms with E-state index in [-0.39, 0.29) is 17.4 Å². The highest BCUT2D eigenvalue weighted by molar-refractivity contribution is 7.89. The number of carbonyl (C=O) groups is 1. The number of aryl methyl sites for hydroxylation is 1. The fourth-order valence-corrected chi connectivity index (χ4v) is 6.39. The Morgan fingerprint density at radius 2 is 1.83 bits per heavy atom. The minimum atomic E-state index is -3.39. The number of rotatable bonds is 6. The zero-order chi connectivity index (χ0) is 21.2. The first-order valence-corrected chi connectivity index (χ1v) is 12.7. The summed E-state index contributed by atoms with van der Waals surface area (Å²) in [4.78, 5) is 17.5. The molecule has 8 heteroatoms. The third-order valence-electron chi connectivity index (χ3n) is 6.77. The van der Waals surface area contributed by atoms with Gasteiger partial charge in [-0.2, -0.15) is 0 Å². The van der Waals surface area contributed by atoms with E-state index in [4.69, 9.17) is 4.99 Å². The van der Waals surface area contributed by atoms with Crippen LogP contribution in [0.4, 0.5) is 0 Å². The molecule has 30 heavy (non-hydrogen) atoms. The van der Waals surface area contributed by atoms with E-state index in [2.05, 4.69) is 5.32 Å². The standard InChI is InChI=1S/C22H31N3O4S/c26-19-11-5-4-7-17(19)10-6-16-30(28,29)25-14-12-22(13-15-25)21(27)23-20(24-22)18-8-2-1-3-9-18/h4-5,7,11,18,26H,1-3,6,8-10,12-16H2,(H,23,24,27). The average Bonchev–Trinajstić information content (AvgIpc) is 3.06. The van der Waals surface area contributed by atoms with Gasteiger partial charge < -0.3 is 10.4 Å². The first-order valence-electron chi connectivity index (χ1n) is 11.1. The second-order valence-electron chi connectivity index (χ2n) is 8.77. The Bertz CT molecular complexity index is 914. The number of aliphatic imine (C=N–C) groups is 1. The van der Waals surface area contributed by atoms with Crippen LogP contribution in [0.25, 0.3) is 0 Å². The lowest BCUT2D eigenvalue weighted by Crippen LogP contribution is -2.50. The lowest BCUT2D eigenvalue weighted by molar-refractivity contribution is -0.125. The summed E-state index contributed by atoms with van der Waals surface area (Å²) in [5, 5.41) is 12.9. The summed E-state index contributed by atoms with van der Waals surface area (Å²) < 4.78 is 27.1. The van der Waals surface area contributed by atoms with Crippen molar-refractivity contribution >= 4 is 21.8 Å². The van der Waals surface area contributed by atoms with Crippen molar-refractivity contribution in [2.75, 3.05) is 18.8 Å². The Hall–Kier alpha value is -1.93. The van der Waals surface area contributed by atoms with Crippen molar-refractivity contribution in [3.05, 3.63) is 29.8 Å². The van der Waals surface area contributed by atoms with E-state index in [1.54, 1.807) is 12.1 Å². The van der Waals surface area contributed by atoms with Crippen molar-refractivity contribution in [1.29, 1.82) is 0 Å². The van der Waals surface area contributed by atoms with Gasteiger partial charge in [-0.3, -0.25) is 9.79 Å². The Balaban J connectivity index is 1.33. The number of aromatic hydroxyl groups is 1. The zero-order valence-corrected chi connectivity index (χ0v) is 18.2. The van der Waals surface area contributed by atoms with Crippen LogP contribution in [0.1, 0.15) is 56.9 Å². The molecule has 164 valence electrons. The molecule has 2 heterocycles. The van der Waals surface area contributed by atoms with E-state index in [1.807, 2.05) is 12.1 Å². The van der Waals surface area contributed by atoms with Gasteiger partial charge >= 0.3 is 0 Å². The number of benzene rings is 1. The monoisotopic (exact) mass is 433 g/mol. The van der Waals surface area contributed by atoms with Gasteiger partial charge in [0.2, 0.25) is 10.0 Å². The van der Waals surface area contributed by atoms with Crippen LogP contribution >= 0.6 is 0 Å². The Morgan fingerprint density at radius 1 is 1.13 bits per heavy atom. The third-order valence-corrected chi connectivity index (χ3v) is 8.73. The Morgan fingerprint density at radius 3 is 2.53 bits per heavy atom. The van der Waals surface area contributed by atoms with Crippen LogP contribution < -0.4 is 5.32 Å². The topological polar surface area (TPSA) is 99.1 Å². The summed E-state index contributed by atoms with van der Waals surface area (Å²) >= 11 is 0. The fraction of sp³-hybridized carbons (Fsp3) is 0.636. The molecule has 1 spiro atoms. The fourth-order valence-electron chi connectivity index (χ4n) is 4.88. The van der Waals surface area contributed by atoms with Crippen molar-refractivity contribution in [3.8, 4) is 5.75 Å². The molecule has 4 rings (SSSR count). The van der Waals surface area contributed by atoms with Gasteiger partial charge in [0.05, 0.1) is 5.75 Å². The minimum absolute atomic E-state index is 0.0388. The quantitative estimate of drug-likeness (QED) is 0.720. The molecule has 3 aliphatic rings. The van der Waals surface area contributed by atoms with Crippen LogP contribution in [0, 0.1) is 5.92 Å². The average molecular weight is 434 g/mol. The molecule has 0 aromatic heterocycles. The summed E-state index contributed by atoms with van der Waals surface area (Å²) in [5.74, 6) is 1.36. The van der Waals surface area contributed by atoms with Crippen LogP contribution in [0.15, 0.2) is 29.3 Å². The molecular weight excluding hydrogens is 402 g/mol. The second-order valence-corrected chi connectivity index (χ2v) is 10.9. The molecule has 0 radical (unpaired) electrons. The number of phenolic OH excluding ortho intramolecular Hbond substituents is 1. The third kappa shape index (κ3) is 4.39. The number of hydrogen-bond donors (Lipinski definition) is 2. The Kier molecular flexibility index (Phi) is 6.16. The van der Waals surface area contributed by atoms with Crippen LogP contribution in [0.3, 0.4) is 0 Å². The number of nitrogens with one attached hydrogen (secondary N) is 1. The van der Waals surface area contributed by atoms with E-state index in [0.717, 1.165) is 24.2 Å². The lowest BCUT2D eigenvalue weighted by Gasteiger charge is -2.34. The van der Waals surface area contributed by atoms with Gasteiger partial charge in [0.25, 0.3) is 5.91 Å². The van der Waals surface area contributed by atoms with Crippen LogP contribution in [0.2, 0.25) is 0 Å². The highest BCUT2D eigenvalue weighted by Crippen LogP contribution is 2.34. The van der Waals surface area contributed by atoms with Gasteiger partial charge in [-0.1, -0.05) is 37.5 Å². The summed E-state index contributed by atoms with van der Waals surface area (Å²) in [6.07, 6.45) is 7.60. The number of para-hydroxylation sites is 1. The molecule has 0 unspecified atom stereocenters. The van der Waals surface area contributed by atoms with Crippen molar-refractivity contribution in [1.82, 2.24) is 9.62 Å². The van der Waals surface area contributed by atoms with Gasteiger partial charge in [-0.05, 0) is 50.2 Å². The lowest BCUT2D eigenvalue weighted by atomic mass is 9.88. The molecule has 2 aliphatic heterocycles. The molecule has 1 aromatic carbocycles. The maximum Gasteiger partial charge on any atom is 0.253 e. The number of sulfonamides is 1. The number of piperidine rings is 1. The van der Waals surface area contributed by atoms with E-state index in [9.17, 15) is 18.3 Å². The SMILES string of the molecule is O=C1NC(C2CCCCC2)=NC12CCN(S(=O)(=O)CCCc1ccccc1O)CC2. The highest BCUT2D eigenvalue weighted by atomic mass is 32.2. The highest BCUT2D eigenvalue weighted by Gasteiger charge is 2.48. The predicted octanol–water partition coefficient (Wildman–Crippen LogP) is 2.60. The minimum Gasteiger partial charge on any atom is -0.508 e. The van der Waals surface area contributed by atoms with Gasteiger partial charge in [0.1, 0.15) is 17.1 Å². The van der Waals surface area contributed by atoms with Crippen molar-refractivity contribution in [3.63, 3.8) is 0 Å². The number of carbonyl (C=O) groups excluding carboxylic acids is 1. The largest absolute Gasteiger partial charge is 0.508 e. The normalized spacial score (nSPS) is 22.8. The summed E-state index contributed by atoms with van der Waals surface area (Å²) in [6.45, 7) is 0.654. The maximum atomic E-state index is 12.8. The molecular formula is C22H31N3O4S. The summed E-state index contributed by atoms with van der Waals surface area (Å²) in [6, 6.07) is 7.01. The van der Waals surface area contributed by atoms with Crippen molar-refractivity contribution in [2.45, 2.75) is 63.3 Å². The van der Waals surface area contributed by atoms with Gasteiger partial charge in [-0.25, -0.2) is 12.7 Å². The molecule has 1 saturated heterocycles. The van der Waals surface area contributed by atoms with Crippen LogP contribution in [-0.4, -0.2) is 54.0 Å². The van der Waals surface area contributed by atoms with Crippen molar-refractivity contribution < 1.29 is 18.3 Å². The number of amidine groups is 1. The molecule has 2 N–H and O–H groups in total. The number of hydrogen-bond acceptors (Lipinski definition) is 5. The molecule has 1 aliphatic carbocycles. The molecule has 1 amide bonds. The molecule has 0 bridgehead atoms. The second kappa shape index (κ2) is 8.67. The number of amides is 1. The van der Waals surface area contributed by atoms with Crippen LogP contribution in [0.5, 0.6) is 5.75 Å². The molecule has 0 atom stereocenters. The Labute approximate surface area is 178 Å². The van der Waals surface area contributed by atoms with E-state index < -0.39 is 15.6 Å². The zero-order valence-electron chi connectivity index (χ0n) is 17.3. The first kappa shape index (κ1) is 21.3. The van der Waals surface area contributed by atoms with E-state index in [1.165, 1.54) is 23.6 Å². The van der Waals surface area contributed by atoms with Gasteiger partial charge in [0, 0.05) is 19.0 Å². The van der Waals surface area contributed by atoms with E-state index in [0.29, 0.717) is 44.7 Å². The van der Waals surface area contributed by atoms with Gasteiger partial charge in [-0.15, -0.1) is 0 Å². The first-order chi connectivity index (χ1) is 14.4. The summed E-state index contributed by atoms with van der Waals surface area (Å²) in [5.41, 5.74) is -0.0215. The number of nitrogens with zero attached hydrogens (tertiary/aromatic N) is 2. The van der Waals surface area contributed by atoms with Gasteiger partial charge in [0.15, 0.2) is 0 Å².